The second-order valence-electron chi connectivity index (χ2n) is 5.06. The smallest absolute Gasteiger partial charge is 0.243 e. The Kier molecular flexibility index (Phi) is 8.08. The van der Waals surface area contributed by atoms with E-state index in [-0.39, 0.29) is 30.8 Å². The van der Waals surface area contributed by atoms with E-state index >= 15 is 0 Å². The lowest BCUT2D eigenvalue weighted by Crippen LogP contribution is -2.33. The summed E-state index contributed by atoms with van der Waals surface area (Å²) in [6.07, 6.45) is 1.18. The minimum absolute atomic E-state index is 0. The van der Waals surface area contributed by atoms with Crippen LogP contribution in [-0.2, 0) is 9.59 Å². The highest BCUT2D eigenvalue weighted by Gasteiger charge is 2.07. The van der Waals surface area contributed by atoms with Crippen molar-refractivity contribution in [2.45, 2.75) is 12.8 Å². The number of nitrogens with one attached hydrogen (secondary N) is 3. The summed E-state index contributed by atoms with van der Waals surface area (Å²) in [5.74, 6) is -0.332. The van der Waals surface area contributed by atoms with Crippen molar-refractivity contribution in [2.75, 3.05) is 25.5 Å². The SMILES string of the molecule is CNCCCC(=O)NCC(=O)Nc1cccc2ccccc12.Cl. The Labute approximate surface area is 142 Å². The predicted octanol–water partition coefficient (Wildman–Crippen LogP) is 2.32. The molecule has 124 valence electrons. The molecule has 2 aromatic carbocycles. The van der Waals surface area contributed by atoms with E-state index in [2.05, 4.69) is 16.0 Å². The summed E-state index contributed by atoms with van der Waals surface area (Å²) < 4.78 is 0. The van der Waals surface area contributed by atoms with Gasteiger partial charge in [0.05, 0.1) is 6.54 Å². The standard InChI is InChI=1S/C17H21N3O2.ClH/c1-18-11-5-10-16(21)19-12-17(22)20-15-9-4-7-13-6-2-3-8-14(13)15;/h2-4,6-9,18H,5,10-12H2,1H3,(H,19,21)(H,20,22);1H. The van der Waals surface area contributed by atoms with E-state index in [9.17, 15) is 9.59 Å². The Bertz CT molecular complexity index is 656. The van der Waals surface area contributed by atoms with Crippen LogP contribution in [0.25, 0.3) is 10.8 Å². The first-order valence-electron chi connectivity index (χ1n) is 7.39. The average Bonchev–Trinajstić information content (AvgIpc) is 2.54. The van der Waals surface area contributed by atoms with Crippen molar-refractivity contribution in [1.82, 2.24) is 10.6 Å². The van der Waals surface area contributed by atoms with Gasteiger partial charge in [-0.25, -0.2) is 0 Å². The number of hydrogen-bond donors (Lipinski definition) is 3. The molecule has 0 aromatic heterocycles. The van der Waals surface area contributed by atoms with E-state index in [1.165, 1.54) is 0 Å². The summed E-state index contributed by atoms with van der Waals surface area (Å²) in [7, 11) is 1.84. The van der Waals surface area contributed by atoms with Gasteiger partial charge in [-0.15, -0.1) is 12.4 Å². The number of benzene rings is 2. The Morgan fingerprint density at radius 2 is 1.74 bits per heavy atom. The van der Waals surface area contributed by atoms with Gasteiger partial charge in [-0.2, -0.15) is 0 Å². The number of anilines is 1. The fourth-order valence-electron chi connectivity index (χ4n) is 2.22. The molecule has 0 aliphatic heterocycles. The Hall–Kier alpha value is -2.11. The van der Waals surface area contributed by atoms with Crippen molar-refractivity contribution in [1.29, 1.82) is 0 Å². The normalized spacial score (nSPS) is 9.96. The molecule has 2 rings (SSSR count). The van der Waals surface area contributed by atoms with Crippen LogP contribution in [0.3, 0.4) is 0 Å². The molecule has 0 radical (unpaired) electrons. The van der Waals surface area contributed by atoms with Crippen LogP contribution in [0.4, 0.5) is 5.69 Å². The van der Waals surface area contributed by atoms with Crippen LogP contribution in [-0.4, -0.2) is 32.0 Å². The number of fused-ring (bicyclic) bond motifs is 1. The van der Waals surface area contributed by atoms with Crippen LogP contribution >= 0.6 is 12.4 Å². The summed E-state index contributed by atoms with van der Waals surface area (Å²) in [5.41, 5.74) is 0.757. The first kappa shape index (κ1) is 18.9. The van der Waals surface area contributed by atoms with E-state index in [1.807, 2.05) is 49.5 Å². The van der Waals surface area contributed by atoms with E-state index in [4.69, 9.17) is 0 Å². The molecule has 0 saturated heterocycles. The van der Waals surface area contributed by atoms with Gasteiger partial charge in [0, 0.05) is 17.5 Å². The zero-order valence-corrected chi connectivity index (χ0v) is 13.9. The number of halogens is 1. The lowest BCUT2D eigenvalue weighted by atomic mass is 10.1. The number of hydrogen-bond acceptors (Lipinski definition) is 3. The van der Waals surface area contributed by atoms with Gasteiger partial charge in [-0.05, 0) is 31.5 Å². The van der Waals surface area contributed by atoms with Crippen LogP contribution in [0.15, 0.2) is 42.5 Å². The van der Waals surface area contributed by atoms with Crippen molar-refractivity contribution in [3.63, 3.8) is 0 Å². The molecule has 0 fully saturated rings. The maximum absolute atomic E-state index is 12.0. The maximum atomic E-state index is 12.0. The Morgan fingerprint density at radius 1 is 1.00 bits per heavy atom. The largest absolute Gasteiger partial charge is 0.347 e. The zero-order chi connectivity index (χ0) is 15.8. The molecular formula is C17H22ClN3O2. The first-order chi connectivity index (χ1) is 10.7. The van der Waals surface area contributed by atoms with Gasteiger partial charge < -0.3 is 16.0 Å². The van der Waals surface area contributed by atoms with Gasteiger partial charge in [0.15, 0.2) is 0 Å². The fourth-order valence-corrected chi connectivity index (χ4v) is 2.22. The summed E-state index contributed by atoms with van der Waals surface area (Å²) in [6, 6.07) is 13.6. The molecule has 0 aliphatic carbocycles. The summed E-state index contributed by atoms with van der Waals surface area (Å²) in [6.45, 7) is 0.775. The number of carbonyl (C=O) groups excluding carboxylic acids is 2. The number of carbonyl (C=O) groups is 2. The zero-order valence-electron chi connectivity index (χ0n) is 13.1. The van der Waals surface area contributed by atoms with E-state index in [0.29, 0.717) is 6.42 Å². The second-order valence-corrected chi connectivity index (χ2v) is 5.06. The fraction of sp³-hybridized carbons (Fsp3) is 0.294. The molecule has 2 amide bonds. The van der Waals surface area contributed by atoms with E-state index in [0.717, 1.165) is 29.4 Å². The third kappa shape index (κ3) is 5.88. The van der Waals surface area contributed by atoms with Gasteiger partial charge in [-0.3, -0.25) is 9.59 Å². The molecule has 0 spiro atoms. The van der Waals surface area contributed by atoms with Crippen LogP contribution in [0.2, 0.25) is 0 Å². The van der Waals surface area contributed by atoms with E-state index < -0.39 is 0 Å². The van der Waals surface area contributed by atoms with Gasteiger partial charge >= 0.3 is 0 Å². The lowest BCUT2D eigenvalue weighted by Gasteiger charge is -2.09. The Morgan fingerprint density at radius 3 is 2.52 bits per heavy atom. The molecule has 0 aliphatic rings. The third-order valence-electron chi connectivity index (χ3n) is 3.34. The molecule has 6 heteroatoms. The van der Waals surface area contributed by atoms with Gasteiger partial charge in [-0.1, -0.05) is 36.4 Å². The van der Waals surface area contributed by atoms with Crippen LogP contribution in [0.5, 0.6) is 0 Å². The molecule has 23 heavy (non-hydrogen) atoms. The monoisotopic (exact) mass is 335 g/mol. The second kappa shape index (κ2) is 9.82. The summed E-state index contributed by atoms with van der Waals surface area (Å²) in [4.78, 5) is 23.5. The molecule has 5 nitrogen and oxygen atoms in total. The summed E-state index contributed by atoms with van der Waals surface area (Å²) in [5, 5.41) is 10.5. The maximum Gasteiger partial charge on any atom is 0.243 e. The quantitative estimate of drug-likeness (QED) is 0.680. The molecule has 0 heterocycles. The average molecular weight is 336 g/mol. The third-order valence-corrected chi connectivity index (χ3v) is 3.34. The highest BCUT2D eigenvalue weighted by Crippen LogP contribution is 2.22. The summed E-state index contributed by atoms with van der Waals surface area (Å²) >= 11 is 0. The van der Waals surface area contributed by atoms with E-state index in [1.54, 1.807) is 0 Å². The number of rotatable bonds is 7. The van der Waals surface area contributed by atoms with Gasteiger partial charge in [0.2, 0.25) is 11.8 Å². The number of amides is 2. The molecule has 2 aromatic rings. The predicted molar refractivity (Wildman–Crippen MR) is 96.0 cm³/mol. The van der Waals surface area contributed by atoms with Crippen molar-refractivity contribution >= 4 is 40.7 Å². The molecule has 0 atom stereocenters. The first-order valence-corrected chi connectivity index (χ1v) is 7.39. The van der Waals surface area contributed by atoms with Gasteiger partial charge in [0.25, 0.3) is 0 Å². The Balaban J connectivity index is 0.00000264. The van der Waals surface area contributed by atoms with Gasteiger partial charge in [0.1, 0.15) is 0 Å². The van der Waals surface area contributed by atoms with Crippen LogP contribution in [0.1, 0.15) is 12.8 Å². The lowest BCUT2D eigenvalue weighted by molar-refractivity contribution is -0.124. The highest BCUT2D eigenvalue weighted by atomic mass is 35.5. The van der Waals surface area contributed by atoms with Crippen LogP contribution < -0.4 is 16.0 Å². The molecular weight excluding hydrogens is 314 g/mol. The minimum atomic E-state index is -0.224. The molecule has 0 unspecified atom stereocenters. The van der Waals surface area contributed by atoms with Crippen LogP contribution in [0, 0.1) is 0 Å². The van der Waals surface area contributed by atoms with Crippen molar-refractivity contribution < 1.29 is 9.59 Å². The molecule has 0 bridgehead atoms. The molecule has 3 N–H and O–H groups in total. The molecule has 0 saturated carbocycles. The topological polar surface area (TPSA) is 70.2 Å². The van der Waals surface area contributed by atoms with Crippen molar-refractivity contribution in [3.05, 3.63) is 42.5 Å². The van der Waals surface area contributed by atoms with Crippen molar-refractivity contribution in [3.8, 4) is 0 Å². The minimum Gasteiger partial charge on any atom is -0.347 e. The van der Waals surface area contributed by atoms with Crippen molar-refractivity contribution in [2.24, 2.45) is 0 Å². The highest BCUT2D eigenvalue weighted by molar-refractivity contribution is 6.03.